The van der Waals surface area contributed by atoms with E-state index in [0.717, 1.165) is 16.5 Å². The lowest BCUT2D eigenvalue weighted by Crippen LogP contribution is -2.49. The Morgan fingerprint density at radius 2 is 2.10 bits per heavy atom. The second-order valence-electron chi connectivity index (χ2n) is 6.91. The number of carboxylic acids is 1. The number of carboxylic acid groups (broad SMARTS) is 1. The maximum Gasteiger partial charge on any atom is 0.325 e. The average Bonchev–Trinajstić information content (AvgIpc) is 3.17. The molecule has 2 N–H and O–H groups in total. The van der Waals surface area contributed by atoms with Crippen molar-refractivity contribution >= 4 is 22.7 Å². The smallest absolute Gasteiger partial charge is 0.325 e. The van der Waals surface area contributed by atoms with E-state index in [9.17, 15) is 15.2 Å². The molecule has 8 heteroatoms. The van der Waals surface area contributed by atoms with Crippen LogP contribution in [0.2, 0.25) is 0 Å². The quantitative estimate of drug-likeness (QED) is 0.688. The van der Waals surface area contributed by atoms with Gasteiger partial charge in [0, 0.05) is 55.0 Å². The number of aromatic amines is 1. The van der Waals surface area contributed by atoms with Gasteiger partial charge in [-0.2, -0.15) is 5.26 Å². The van der Waals surface area contributed by atoms with Crippen molar-refractivity contribution < 1.29 is 14.6 Å². The van der Waals surface area contributed by atoms with Crippen molar-refractivity contribution in [2.45, 2.75) is 6.04 Å². The van der Waals surface area contributed by atoms with Gasteiger partial charge >= 0.3 is 5.97 Å². The van der Waals surface area contributed by atoms with Crippen molar-refractivity contribution in [2.75, 3.05) is 38.2 Å². The van der Waals surface area contributed by atoms with Crippen LogP contribution in [0.1, 0.15) is 17.2 Å². The van der Waals surface area contributed by atoms with Crippen LogP contribution >= 0.6 is 0 Å². The number of rotatable bonds is 5. The van der Waals surface area contributed by atoms with Gasteiger partial charge in [-0.25, -0.2) is 4.98 Å². The SMILES string of the molecule is COc1ccc2[nH]cc(C(C(=O)O)N3CCN(c4ncccc4C#N)CC3)c2c1. The number of H-pyrrole nitrogens is 1. The van der Waals surface area contributed by atoms with Crippen LogP contribution in [-0.2, 0) is 4.79 Å². The lowest BCUT2D eigenvalue weighted by Gasteiger charge is -2.38. The predicted molar refractivity (Wildman–Crippen MR) is 108 cm³/mol. The van der Waals surface area contributed by atoms with Crippen LogP contribution in [0.4, 0.5) is 5.82 Å². The van der Waals surface area contributed by atoms with Crippen molar-refractivity contribution in [3.63, 3.8) is 0 Å². The van der Waals surface area contributed by atoms with Gasteiger partial charge in [0.15, 0.2) is 0 Å². The minimum Gasteiger partial charge on any atom is -0.497 e. The number of fused-ring (bicyclic) bond motifs is 1. The molecule has 29 heavy (non-hydrogen) atoms. The van der Waals surface area contributed by atoms with Crippen LogP contribution < -0.4 is 9.64 Å². The molecule has 0 radical (unpaired) electrons. The lowest BCUT2D eigenvalue weighted by atomic mass is 10.0. The first kappa shape index (κ1) is 18.8. The minimum absolute atomic E-state index is 0.527. The Morgan fingerprint density at radius 1 is 1.31 bits per heavy atom. The van der Waals surface area contributed by atoms with E-state index < -0.39 is 12.0 Å². The van der Waals surface area contributed by atoms with Crippen LogP contribution in [-0.4, -0.2) is 59.2 Å². The topological polar surface area (TPSA) is 105 Å². The Bertz CT molecular complexity index is 1080. The van der Waals surface area contributed by atoms with Crippen molar-refractivity contribution in [1.82, 2.24) is 14.9 Å². The predicted octanol–water partition coefficient (Wildman–Crippen LogP) is 2.39. The van der Waals surface area contributed by atoms with Crippen LogP contribution in [0.25, 0.3) is 10.9 Å². The van der Waals surface area contributed by atoms with E-state index in [1.165, 1.54) is 0 Å². The number of hydrogen-bond acceptors (Lipinski definition) is 6. The van der Waals surface area contributed by atoms with Gasteiger partial charge in [0.25, 0.3) is 0 Å². The molecule has 1 atom stereocenters. The van der Waals surface area contributed by atoms with Crippen molar-refractivity contribution in [3.05, 3.63) is 53.9 Å². The number of nitrogens with one attached hydrogen (secondary N) is 1. The molecule has 148 valence electrons. The van der Waals surface area contributed by atoms with Gasteiger partial charge < -0.3 is 19.7 Å². The highest BCUT2D eigenvalue weighted by Crippen LogP contribution is 2.32. The molecule has 1 aromatic carbocycles. The number of aromatic nitrogens is 2. The molecule has 0 aliphatic carbocycles. The second kappa shape index (κ2) is 7.81. The fourth-order valence-corrected chi connectivity index (χ4v) is 3.89. The number of anilines is 1. The van der Waals surface area contributed by atoms with Crippen LogP contribution in [0, 0.1) is 11.3 Å². The molecular weight excluding hydrogens is 370 g/mol. The summed E-state index contributed by atoms with van der Waals surface area (Å²) in [5.41, 5.74) is 2.12. The highest BCUT2D eigenvalue weighted by molar-refractivity contribution is 5.90. The second-order valence-corrected chi connectivity index (χ2v) is 6.91. The lowest BCUT2D eigenvalue weighted by molar-refractivity contribution is -0.143. The number of nitriles is 1. The molecule has 1 unspecified atom stereocenters. The highest BCUT2D eigenvalue weighted by Gasteiger charge is 2.32. The number of aliphatic carboxylic acids is 1. The molecule has 4 rings (SSSR count). The Morgan fingerprint density at radius 3 is 2.79 bits per heavy atom. The summed E-state index contributed by atoms with van der Waals surface area (Å²) in [5.74, 6) is 0.447. The zero-order chi connectivity index (χ0) is 20.4. The average molecular weight is 391 g/mol. The molecule has 1 aliphatic rings. The number of piperazine rings is 1. The molecule has 0 spiro atoms. The molecule has 3 heterocycles. The molecule has 2 aromatic heterocycles. The number of pyridine rings is 1. The van der Waals surface area contributed by atoms with Gasteiger partial charge in [0.1, 0.15) is 23.7 Å². The molecule has 1 saturated heterocycles. The van der Waals surface area contributed by atoms with Crippen LogP contribution in [0.15, 0.2) is 42.7 Å². The molecule has 0 amide bonds. The Hall–Kier alpha value is -3.57. The zero-order valence-electron chi connectivity index (χ0n) is 16.0. The zero-order valence-corrected chi connectivity index (χ0v) is 16.0. The van der Waals surface area contributed by atoms with Gasteiger partial charge in [0.05, 0.1) is 12.7 Å². The van der Waals surface area contributed by atoms with Crippen LogP contribution in [0.5, 0.6) is 5.75 Å². The number of methoxy groups -OCH3 is 1. The first-order chi connectivity index (χ1) is 14.1. The normalized spacial score (nSPS) is 15.8. The third-order valence-corrected chi connectivity index (χ3v) is 5.34. The summed E-state index contributed by atoms with van der Waals surface area (Å²) in [6.07, 6.45) is 3.43. The monoisotopic (exact) mass is 391 g/mol. The molecule has 3 aromatic rings. The first-order valence-corrected chi connectivity index (χ1v) is 9.34. The molecular formula is C21H21N5O3. The van der Waals surface area contributed by atoms with Crippen molar-refractivity contribution in [3.8, 4) is 11.8 Å². The van der Waals surface area contributed by atoms with Gasteiger partial charge in [-0.1, -0.05) is 0 Å². The van der Waals surface area contributed by atoms with Crippen molar-refractivity contribution in [2.24, 2.45) is 0 Å². The fraction of sp³-hybridized carbons (Fsp3) is 0.286. The maximum atomic E-state index is 12.2. The summed E-state index contributed by atoms with van der Waals surface area (Å²) < 4.78 is 5.30. The van der Waals surface area contributed by atoms with Gasteiger partial charge in [0.2, 0.25) is 0 Å². The third kappa shape index (κ3) is 3.48. The van der Waals surface area contributed by atoms with E-state index in [2.05, 4.69) is 16.0 Å². The summed E-state index contributed by atoms with van der Waals surface area (Å²) in [4.78, 5) is 23.7. The summed E-state index contributed by atoms with van der Waals surface area (Å²) >= 11 is 0. The van der Waals surface area contributed by atoms with E-state index in [0.29, 0.717) is 43.3 Å². The van der Waals surface area contributed by atoms with E-state index in [1.54, 1.807) is 31.6 Å². The summed E-state index contributed by atoms with van der Waals surface area (Å²) in [6.45, 7) is 2.30. The summed E-state index contributed by atoms with van der Waals surface area (Å²) in [7, 11) is 1.59. The molecule has 0 saturated carbocycles. The van der Waals surface area contributed by atoms with E-state index in [-0.39, 0.29) is 0 Å². The van der Waals surface area contributed by atoms with Crippen LogP contribution in [0.3, 0.4) is 0 Å². The molecule has 1 fully saturated rings. The molecule has 8 nitrogen and oxygen atoms in total. The summed E-state index contributed by atoms with van der Waals surface area (Å²) in [5, 5.41) is 20.1. The fourth-order valence-electron chi connectivity index (χ4n) is 3.89. The van der Waals surface area contributed by atoms with Gasteiger partial charge in [-0.05, 0) is 30.3 Å². The van der Waals surface area contributed by atoms with Gasteiger partial charge in [-0.3, -0.25) is 9.69 Å². The first-order valence-electron chi connectivity index (χ1n) is 9.34. The maximum absolute atomic E-state index is 12.2. The van der Waals surface area contributed by atoms with E-state index >= 15 is 0 Å². The Labute approximate surface area is 167 Å². The molecule has 1 aliphatic heterocycles. The highest BCUT2D eigenvalue weighted by atomic mass is 16.5. The van der Waals surface area contributed by atoms with Gasteiger partial charge in [-0.15, -0.1) is 0 Å². The summed E-state index contributed by atoms with van der Waals surface area (Å²) in [6, 6.07) is 10.5. The number of ether oxygens (including phenoxy) is 1. The number of nitrogens with zero attached hydrogens (tertiary/aromatic N) is 4. The Kier molecular flexibility index (Phi) is 5.06. The Balaban J connectivity index is 1.59. The van der Waals surface area contributed by atoms with Crippen molar-refractivity contribution in [1.29, 1.82) is 5.26 Å². The number of hydrogen-bond donors (Lipinski definition) is 2. The largest absolute Gasteiger partial charge is 0.497 e. The number of carbonyl (C=O) groups is 1. The minimum atomic E-state index is -0.891. The third-order valence-electron chi connectivity index (χ3n) is 5.34. The molecule has 0 bridgehead atoms. The standard InChI is InChI=1S/C21H21N5O3/c1-29-15-4-5-18-16(11-15)17(13-24-18)19(21(27)28)25-7-9-26(10-8-25)20-14(12-22)3-2-6-23-20/h2-6,11,13,19,24H,7-10H2,1H3,(H,27,28). The van der Waals surface area contributed by atoms with E-state index in [4.69, 9.17) is 4.74 Å². The number of benzene rings is 1. The van der Waals surface area contributed by atoms with E-state index in [1.807, 2.05) is 28.0 Å².